The minimum atomic E-state index is -0.412. The van der Waals surface area contributed by atoms with Gasteiger partial charge in [0.05, 0.1) is 23.5 Å². The van der Waals surface area contributed by atoms with Gasteiger partial charge in [0.1, 0.15) is 12.4 Å². The topological polar surface area (TPSA) is 70.2 Å². The highest BCUT2D eigenvalue weighted by atomic mass is 16.5. The van der Waals surface area contributed by atoms with E-state index in [-0.39, 0.29) is 6.61 Å². The number of nitrogens with zero attached hydrogens (tertiary/aromatic N) is 3. The molecule has 2 heterocycles. The highest BCUT2D eigenvalue weighted by molar-refractivity contribution is 5.87. The summed E-state index contributed by atoms with van der Waals surface area (Å²) in [6.45, 7) is 10.5. The van der Waals surface area contributed by atoms with Gasteiger partial charge >= 0.3 is 5.97 Å². The summed E-state index contributed by atoms with van der Waals surface area (Å²) in [4.78, 5) is 12.1. The first kappa shape index (κ1) is 19.6. The first-order valence-electron chi connectivity index (χ1n) is 9.21. The second kappa shape index (κ2) is 8.25. The van der Waals surface area contributed by atoms with Crippen LogP contribution in [0.3, 0.4) is 0 Å². The van der Waals surface area contributed by atoms with Crippen molar-refractivity contribution in [3.8, 4) is 0 Å². The molecule has 0 saturated carbocycles. The van der Waals surface area contributed by atoms with Gasteiger partial charge in [-0.05, 0) is 46.3 Å². The van der Waals surface area contributed by atoms with Crippen LogP contribution in [0.5, 0.6) is 0 Å². The molecule has 6 nitrogen and oxygen atoms in total. The predicted molar refractivity (Wildman–Crippen MR) is 107 cm³/mol. The van der Waals surface area contributed by atoms with Gasteiger partial charge in [0.25, 0.3) is 0 Å². The molecule has 0 aliphatic carbocycles. The molecule has 28 heavy (non-hydrogen) atoms. The number of aryl methyl sites for hydroxylation is 4. The Bertz CT molecular complexity index is 991. The maximum atomic E-state index is 12.1. The van der Waals surface area contributed by atoms with Crippen molar-refractivity contribution < 1.29 is 14.1 Å². The van der Waals surface area contributed by atoms with Gasteiger partial charge in [-0.25, -0.2) is 4.79 Å². The molecule has 0 amide bonds. The molecule has 146 valence electrons. The third-order valence-electron chi connectivity index (χ3n) is 4.82. The third kappa shape index (κ3) is 4.39. The Morgan fingerprint density at radius 2 is 1.82 bits per heavy atom. The van der Waals surface area contributed by atoms with Crippen molar-refractivity contribution in [2.45, 2.75) is 47.8 Å². The van der Waals surface area contributed by atoms with Crippen molar-refractivity contribution in [3.05, 3.63) is 75.4 Å². The summed E-state index contributed by atoms with van der Waals surface area (Å²) < 4.78 is 12.3. The SMILES string of the molecule is Cc1ccc(Cn2nc(C)c(/C=C/C(=O)OCc3c(C)noc3C)c2C)cc1. The number of benzene rings is 1. The van der Waals surface area contributed by atoms with E-state index in [0.717, 1.165) is 28.2 Å². The zero-order valence-corrected chi connectivity index (χ0v) is 16.9. The number of hydrogen-bond acceptors (Lipinski definition) is 5. The normalized spacial score (nSPS) is 11.3. The molecular weight excluding hydrogens is 354 g/mol. The number of hydrogen-bond donors (Lipinski definition) is 0. The Hall–Kier alpha value is -3.15. The molecule has 0 radical (unpaired) electrons. The van der Waals surface area contributed by atoms with Crippen LogP contribution in [0.4, 0.5) is 0 Å². The van der Waals surface area contributed by atoms with E-state index in [2.05, 4.69) is 41.4 Å². The van der Waals surface area contributed by atoms with E-state index in [1.54, 1.807) is 13.0 Å². The molecule has 3 aromatic rings. The Labute approximate surface area is 164 Å². The molecule has 0 unspecified atom stereocenters. The van der Waals surface area contributed by atoms with Gasteiger partial charge in [-0.2, -0.15) is 5.10 Å². The summed E-state index contributed by atoms with van der Waals surface area (Å²) in [6.07, 6.45) is 3.20. The summed E-state index contributed by atoms with van der Waals surface area (Å²) in [7, 11) is 0. The Morgan fingerprint density at radius 1 is 1.11 bits per heavy atom. The second-order valence-electron chi connectivity index (χ2n) is 6.97. The van der Waals surface area contributed by atoms with E-state index in [0.29, 0.717) is 12.3 Å². The van der Waals surface area contributed by atoms with Gasteiger partial charge < -0.3 is 9.26 Å². The first-order chi connectivity index (χ1) is 13.3. The number of carbonyl (C=O) groups excluding carboxylic acids is 1. The van der Waals surface area contributed by atoms with Crippen LogP contribution in [-0.2, 0) is 22.7 Å². The molecule has 2 aromatic heterocycles. The fraction of sp³-hybridized carbons (Fsp3) is 0.318. The molecule has 0 aliphatic rings. The van der Waals surface area contributed by atoms with E-state index in [9.17, 15) is 4.79 Å². The van der Waals surface area contributed by atoms with Crippen molar-refractivity contribution in [3.63, 3.8) is 0 Å². The monoisotopic (exact) mass is 379 g/mol. The fourth-order valence-electron chi connectivity index (χ4n) is 3.02. The quantitative estimate of drug-likeness (QED) is 0.474. The molecule has 1 aromatic carbocycles. The van der Waals surface area contributed by atoms with Crippen LogP contribution in [0.15, 0.2) is 34.9 Å². The maximum Gasteiger partial charge on any atom is 0.331 e. The first-order valence-corrected chi connectivity index (χ1v) is 9.21. The van der Waals surface area contributed by atoms with Crippen LogP contribution < -0.4 is 0 Å². The van der Waals surface area contributed by atoms with E-state index in [1.807, 2.05) is 25.5 Å². The summed E-state index contributed by atoms with van der Waals surface area (Å²) in [6, 6.07) is 8.40. The highest BCUT2D eigenvalue weighted by Gasteiger charge is 2.12. The predicted octanol–water partition coefficient (Wildman–Crippen LogP) is 4.22. The Morgan fingerprint density at radius 3 is 2.46 bits per heavy atom. The molecule has 0 atom stereocenters. The number of rotatable bonds is 6. The van der Waals surface area contributed by atoms with Crippen molar-refractivity contribution in [2.24, 2.45) is 0 Å². The summed E-state index contributed by atoms with van der Waals surface area (Å²) in [5.74, 6) is 0.253. The minimum Gasteiger partial charge on any atom is -0.457 e. The number of esters is 1. The molecule has 0 N–H and O–H groups in total. The average molecular weight is 379 g/mol. The lowest BCUT2D eigenvalue weighted by Crippen LogP contribution is -2.04. The average Bonchev–Trinajstić information content (AvgIpc) is 3.12. The molecule has 6 heteroatoms. The molecule has 0 aliphatic heterocycles. The Kier molecular flexibility index (Phi) is 5.78. The van der Waals surface area contributed by atoms with E-state index >= 15 is 0 Å². The number of carbonyl (C=O) groups is 1. The largest absolute Gasteiger partial charge is 0.457 e. The molecular formula is C22H25N3O3. The van der Waals surface area contributed by atoms with Crippen LogP contribution in [0.2, 0.25) is 0 Å². The number of ether oxygens (including phenoxy) is 1. The summed E-state index contributed by atoms with van der Waals surface area (Å²) in [5.41, 5.74) is 6.77. The third-order valence-corrected chi connectivity index (χ3v) is 4.82. The van der Waals surface area contributed by atoms with Crippen LogP contribution in [0, 0.1) is 34.6 Å². The van der Waals surface area contributed by atoms with Crippen molar-refractivity contribution >= 4 is 12.0 Å². The van der Waals surface area contributed by atoms with Crippen molar-refractivity contribution in [2.75, 3.05) is 0 Å². The lowest BCUT2D eigenvalue weighted by molar-refractivity contribution is -0.138. The highest BCUT2D eigenvalue weighted by Crippen LogP contribution is 2.17. The van der Waals surface area contributed by atoms with Gasteiger partial charge in [-0.1, -0.05) is 35.0 Å². The second-order valence-corrected chi connectivity index (χ2v) is 6.97. The zero-order chi connectivity index (χ0) is 20.3. The standard InChI is InChI=1S/C22H25N3O3/c1-14-6-8-19(9-7-14)12-25-17(4)20(15(2)23-25)10-11-22(26)27-13-21-16(3)24-28-18(21)5/h6-11H,12-13H2,1-5H3/b11-10+. The van der Waals surface area contributed by atoms with Gasteiger partial charge in [0, 0.05) is 17.3 Å². The molecule has 0 spiro atoms. The summed E-state index contributed by atoms with van der Waals surface area (Å²) >= 11 is 0. The molecule has 0 bridgehead atoms. The van der Waals surface area contributed by atoms with Crippen LogP contribution in [-0.4, -0.2) is 20.9 Å². The van der Waals surface area contributed by atoms with Crippen molar-refractivity contribution in [1.29, 1.82) is 0 Å². The lowest BCUT2D eigenvalue weighted by Gasteiger charge is -2.05. The lowest BCUT2D eigenvalue weighted by atomic mass is 10.1. The van der Waals surface area contributed by atoms with Gasteiger partial charge in [0.15, 0.2) is 0 Å². The van der Waals surface area contributed by atoms with E-state index in [4.69, 9.17) is 9.26 Å². The van der Waals surface area contributed by atoms with Crippen LogP contribution >= 0.6 is 0 Å². The van der Waals surface area contributed by atoms with Gasteiger partial charge in [-0.15, -0.1) is 0 Å². The van der Waals surface area contributed by atoms with E-state index < -0.39 is 5.97 Å². The maximum absolute atomic E-state index is 12.1. The van der Waals surface area contributed by atoms with E-state index in [1.165, 1.54) is 17.2 Å². The minimum absolute atomic E-state index is 0.148. The molecule has 0 saturated heterocycles. The van der Waals surface area contributed by atoms with Gasteiger partial charge in [0.2, 0.25) is 0 Å². The summed E-state index contributed by atoms with van der Waals surface area (Å²) in [5, 5.41) is 8.47. The molecule has 0 fully saturated rings. The van der Waals surface area contributed by atoms with Crippen LogP contribution in [0.25, 0.3) is 6.08 Å². The van der Waals surface area contributed by atoms with Crippen LogP contribution in [0.1, 0.15) is 45.1 Å². The number of aromatic nitrogens is 3. The zero-order valence-electron chi connectivity index (χ0n) is 16.9. The smallest absolute Gasteiger partial charge is 0.331 e. The Balaban J connectivity index is 1.67. The fourth-order valence-corrected chi connectivity index (χ4v) is 3.02. The van der Waals surface area contributed by atoms with Crippen molar-refractivity contribution in [1.82, 2.24) is 14.9 Å². The van der Waals surface area contributed by atoms with Gasteiger partial charge in [-0.3, -0.25) is 4.68 Å². The molecule has 3 rings (SSSR count).